The second kappa shape index (κ2) is 8.48. The minimum atomic E-state index is -0.405. The van der Waals surface area contributed by atoms with Crippen LogP contribution in [0.25, 0.3) is 0 Å². The number of nitrogens with one attached hydrogen (secondary N) is 2. The number of hydrogen-bond acceptors (Lipinski definition) is 5. The minimum absolute atomic E-state index is 0.372. The molecule has 0 spiro atoms. The molecule has 0 aliphatic carbocycles. The Morgan fingerprint density at radius 2 is 1.88 bits per heavy atom. The molecule has 0 aliphatic heterocycles. The van der Waals surface area contributed by atoms with Gasteiger partial charge in [0, 0.05) is 24.1 Å². The first-order valence-corrected chi connectivity index (χ1v) is 7.93. The van der Waals surface area contributed by atoms with Crippen molar-refractivity contribution in [2.75, 3.05) is 17.7 Å². The van der Waals surface area contributed by atoms with E-state index in [2.05, 4.69) is 20.6 Å². The third kappa shape index (κ3) is 4.94. The zero-order valence-corrected chi connectivity index (χ0v) is 14.2. The molecule has 0 aliphatic rings. The number of urea groups is 1. The van der Waals surface area contributed by atoms with E-state index >= 15 is 0 Å². The van der Waals surface area contributed by atoms with Crippen molar-refractivity contribution in [2.24, 2.45) is 0 Å². The van der Waals surface area contributed by atoms with Crippen molar-refractivity contribution in [1.29, 1.82) is 0 Å². The molecule has 2 aromatic carbocycles. The number of rotatable bonds is 6. The van der Waals surface area contributed by atoms with Crippen LogP contribution in [0.15, 0.2) is 67.1 Å². The Morgan fingerprint density at radius 3 is 2.62 bits per heavy atom. The van der Waals surface area contributed by atoms with E-state index in [9.17, 15) is 4.79 Å². The predicted molar refractivity (Wildman–Crippen MR) is 98.4 cm³/mol. The maximum atomic E-state index is 12.0. The van der Waals surface area contributed by atoms with Crippen LogP contribution in [-0.2, 0) is 6.61 Å². The van der Waals surface area contributed by atoms with Crippen LogP contribution in [0.5, 0.6) is 11.5 Å². The lowest BCUT2D eigenvalue weighted by molar-refractivity contribution is 0.262. The van der Waals surface area contributed by atoms with E-state index in [1.54, 1.807) is 25.3 Å². The van der Waals surface area contributed by atoms with Crippen molar-refractivity contribution in [2.45, 2.75) is 6.61 Å². The van der Waals surface area contributed by atoms with Crippen molar-refractivity contribution in [3.8, 4) is 11.5 Å². The Morgan fingerprint density at radius 1 is 1.04 bits per heavy atom. The fraction of sp³-hybridized carbons (Fsp3) is 0.105. The molecule has 2 amide bonds. The first-order valence-electron chi connectivity index (χ1n) is 7.93. The van der Waals surface area contributed by atoms with E-state index in [-0.39, 0.29) is 0 Å². The summed E-state index contributed by atoms with van der Waals surface area (Å²) in [5, 5.41) is 5.33. The topological polar surface area (TPSA) is 85.4 Å². The van der Waals surface area contributed by atoms with Crippen LogP contribution in [0.3, 0.4) is 0 Å². The van der Waals surface area contributed by atoms with Gasteiger partial charge >= 0.3 is 6.03 Å². The Bertz CT molecular complexity index is 854. The van der Waals surface area contributed by atoms with Gasteiger partial charge in [-0.15, -0.1) is 0 Å². The number of methoxy groups -OCH3 is 1. The third-order valence-corrected chi connectivity index (χ3v) is 3.46. The molecule has 0 saturated carbocycles. The zero-order chi connectivity index (χ0) is 18.2. The summed E-state index contributed by atoms with van der Waals surface area (Å²) in [7, 11) is 1.63. The zero-order valence-electron chi connectivity index (χ0n) is 14.2. The summed E-state index contributed by atoms with van der Waals surface area (Å²) >= 11 is 0. The van der Waals surface area contributed by atoms with Crippen LogP contribution in [-0.4, -0.2) is 23.1 Å². The summed E-state index contributed by atoms with van der Waals surface area (Å²) in [6.45, 7) is 0.416. The highest BCUT2D eigenvalue weighted by molar-refractivity contribution is 5.99. The Kier molecular flexibility index (Phi) is 5.61. The molecular formula is C19H18N4O3. The van der Waals surface area contributed by atoms with Crippen LogP contribution in [0, 0.1) is 0 Å². The van der Waals surface area contributed by atoms with Gasteiger partial charge < -0.3 is 14.8 Å². The number of ether oxygens (including phenoxy) is 2. The smallest absolute Gasteiger partial charge is 0.324 e. The normalized spacial score (nSPS) is 10.0. The molecule has 0 saturated heterocycles. The third-order valence-electron chi connectivity index (χ3n) is 3.46. The van der Waals surface area contributed by atoms with Crippen LogP contribution in [0.1, 0.15) is 5.56 Å². The quantitative estimate of drug-likeness (QED) is 0.708. The van der Waals surface area contributed by atoms with Crippen LogP contribution in [0.2, 0.25) is 0 Å². The second-order valence-corrected chi connectivity index (χ2v) is 5.33. The maximum Gasteiger partial charge on any atom is 0.324 e. The molecule has 26 heavy (non-hydrogen) atoms. The predicted octanol–water partition coefficient (Wildman–Crippen LogP) is 3.71. The molecule has 132 valence electrons. The van der Waals surface area contributed by atoms with Gasteiger partial charge in [-0.2, -0.15) is 0 Å². The van der Waals surface area contributed by atoms with Gasteiger partial charge in [-0.05, 0) is 29.8 Å². The summed E-state index contributed by atoms with van der Waals surface area (Å²) < 4.78 is 10.9. The summed E-state index contributed by atoms with van der Waals surface area (Å²) in [6, 6.07) is 14.4. The number of nitrogens with zero attached hydrogens (tertiary/aromatic N) is 2. The summed E-state index contributed by atoms with van der Waals surface area (Å²) in [5.41, 5.74) is 1.63. The number of aromatic nitrogens is 2. The number of hydrogen-bond donors (Lipinski definition) is 2. The monoisotopic (exact) mass is 350 g/mol. The Hall–Kier alpha value is -3.61. The van der Waals surface area contributed by atoms with E-state index in [4.69, 9.17) is 9.47 Å². The lowest BCUT2D eigenvalue weighted by atomic mass is 10.2. The van der Waals surface area contributed by atoms with Gasteiger partial charge in [0.2, 0.25) is 0 Å². The van der Waals surface area contributed by atoms with Crippen LogP contribution >= 0.6 is 0 Å². The molecule has 3 aromatic rings. The molecular weight excluding hydrogens is 332 g/mol. The van der Waals surface area contributed by atoms with Gasteiger partial charge in [0.25, 0.3) is 0 Å². The fourth-order valence-corrected chi connectivity index (χ4v) is 2.19. The molecule has 3 rings (SSSR count). The number of benzene rings is 2. The Balaban J connectivity index is 1.56. The van der Waals surface area contributed by atoms with Gasteiger partial charge in [0.15, 0.2) is 5.82 Å². The fourth-order valence-electron chi connectivity index (χ4n) is 2.19. The van der Waals surface area contributed by atoms with Gasteiger partial charge in [-0.25, -0.2) is 9.78 Å². The molecule has 1 aromatic heterocycles. The molecule has 1 heterocycles. The van der Waals surface area contributed by atoms with E-state index in [1.165, 1.54) is 18.6 Å². The highest BCUT2D eigenvalue weighted by atomic mass is 16.5. The van der Waals surface area contributed by atoms with Crippen molar-refractivity contribution in [1.82, 2.24) is 9.97 Å². The maximum absolute atomic E-state index is 12.0. The largest absolute Gasteiger partial charge is 0.497 e. The SMILES string of the molecule is COc1ccc(COc2cccc(NC(=O)Nc3cnccn3)c2)cc1. The number of anilines is 2. The number of amides is 2. The van der Waals surface area contributed by atoms with Crippen LogP contribution in [0.4, 0.5) is 16.3 Å². The molecule has 0 bridgehead atoms. The van der Waals surface area contributed by atoms with E-state index < -0.39 is 6.03 Å². The average Bonchev–Trinajstić information content (AvgIpc) is 2.68. The van der Waals surface area contributed by atoms with E-state index in [0.717, 1.165) is 11.3 Å². The van der Waals surface area contributed by atoms with Crippen LogP contribution < -0.4 is 20.1 Å². The number of carbonyl (C=O) groups is 1. The standard InChI is InChI=1S/C19H18N4O3/c1-25-16-7-5-14(6-8-16)13-26-17-4-2-3-15(11-17)22-19(24)23-18-12-20-9-10-21-18/h2-12H,13H2,1H3,(H2,21,22,23,24). The van der Waals surface area contributed by atoms with Gasteiger partial charge in [0.05, 0.1) is 13.3 Å². The van der Waals surface area contributed by atoms with Crippen molar-refractivity contribution >= 4 is 17.5 Å². The second-order valence-electron chi connectivity index (χ2n) is 5.33. The first-order chi connectivity index (χ1) is 12.7. The number of carbonyl (C=O) groups excluding carboxylic acids is 1. The van der Waals surface area contributed by atoms with E-state index in [0.29, 0.717) is 23.9 Å². The molecule has 0 radical (unpaired) electrons. The molecule has 0 fully saturated rings. The first kappa shape index (κ1) is 17.2. The van der Waals surface area contributed by atoms with Gasteiger partial charge in [0.1, 0.15) is 18.1 Å². The van der Waals surface area contributed by atoms with Crippen molar-refractivity contribution in [3.05, 3.63) is 72.7 Å². The summed E-state index contributed by atoms with van der Waals surface area (Å²) in [5.74, 6) is 1.82. The molecule has 2 N–H and O–H groups in total. The summed E-state index contributed by atoms with van der Waals surface area (Å²) in [6.07, 6.45) is 4.50. The molecule has 0 atom stereocenters. The lowest BCUT2D eigenvalue weighted by Gasteiger charge is -2.10. The average molecular weight is 350 g/mol. The van der Waals surface area contributed by atoms with E-state index in [1.807, 2.05) is 30.3 Å². The molecule has 0 unspecified atom stereocenters. The molecule has 7 nitrogen and oxygen atoms in total. The van der Waals surface area contributed by atoms with Gasteiger partial charge in [-0.3, -0.25) is 10.3 Å². The highest BCUT2D eigenvalue weighted by Crippen LogP contribution is 2.19. The minimum Gasteiger partial charge on any atom is -0.497 e. The molecule has 7 heteroatoms. The highest BCUT2D eigenvalue weighted by Gasteiger charge is 2.05. The Labute approximate surface area is 151 Å². The van der Waals surface area contributed by atoms with Gasteiger partial charge in [-0.1, -0.05) is 18.2 Å². The summed E-state index contributed by atoms with van der Waals surface area (Å²) in [4.78, 5) is 19.9. The van der Waals surface area contributed by atoms with Crippen molar-refractivity contribution < 1.29 is 14.3 Å². The van der Waals surface area contributed by atoms with Crippen molar-refractivity contribution in [3.63, 3.8) is 0 Å². The lowest BCUT2D eigenvalue weighted by Crippen LogP contribution is -2.20.